The van der Waals surface area contributed by atoms with Gasteiger partial charge in [-0.2, -0.15) is 0 Å². The molecule has 25 heavy (non-hydrogen) atoms. The predicted molar refractivity (Wildman–Crippen MR) is 113 cm³/mol. The van der Waals surface area contributed by atoms with Gasteiger partial charge in [-0.3, -0.25) is 0 Å². The molecular weight excluding hydrogens is 427 g/mol. The van der Waals surface area contributed by atoms with Gasteiger partial charge < -0.3 is 20.1 Å². The van der Waals surface area contributed by atoms with E-state index < -0.39 is 5.60 Å². The molecule has 1 aromatic rings. The van der Waals surface area contributed by atoms with Crippen LogP contribution in [0.15, 0.2) is 22.7 Å². The molecule has 146 valence electrons. The second-order valence-corrected chi connectivity index (χ2v) is 7.16. The minimum absolute atomic E-state index is 0. The summed E-state index contributed by atoms with van der Waals surface area (Å²) in [4.78, 5) is 2.45. The summed E-state index contributed by atoms with van der Waals surface area (Å²) in [5.74, 6) is 0.920. The van der Waals surface area contributed by atoms with Crippen LogP contribution < -0.4 is 10.1 Å². The average Bonchev–Trinajstić information content (AvgIpc) is 2.60. The quantitative estimate of drug-likeness (QED) is 0.652. The van der Waals surface area contributed by atoms with Gasteiger partial charge in [0.2, 0.25) is 0 Å². The molecule has 2 N–H and O–H groups in total. The molecule has 0 bridgehead atoms. The van der Waals surface area contributed by atoms with Crippen molar-refractivity contribution in [1.29, 1.82) is 0 Å². The number of hydrogen-bond donors (Lipinski definition) is 2. The van der Waals surface area contributed by atoms with E-state index in [4.69, 9.17) is 4.74 Å². The fourth-order valence-electron chi connectivity index (χ4n) is 3.38. The van der Waals surface area contributed by atoms with E-state index in [0.717, 1.165) is 55.8 Å². The van der Waals surface area contributed by atoms with E-state index in [1.165, 1.54) is 5.56 Å². The number of ether oxygens (including phenoxy) is 1. The second-order valence-electron chi connectivity index (χ2n) is 6.31. The van der Waals surface area contributed by atoms with E-state index >= 15 is 0 Å². The van der Waals surface area contributed by atoms with Crippen molar-refractivity contribution in [3.05, 3.63) is 28.2 Å². The van der Waals surface area contributed by atoms with Crippen LogP contribution in [0.2, 0.25) is 0 Å². The topological polar surface area (TPSA) is 44.7 Å². The third-order valence-electron chi connectivity index (χ3n) is 5.10. The number of nitrogens with one attached hydrogen (secondary N) is 1. The first kappa shape index (κ1) is 25.0. The van der Waals surface area contributed by atoms with Crippen LogP contribution in [0.25, 0.3) is 0 Å². The van der Waals surface area contributed by atoms with Gasteiger partial charge >= 0.3 is 0 Å². The fraction of sp³-hybridized carbons (Fsp3) is 0.667. The molecular formula is C18H31BrCl2N2O2. The Morgan fingerprint density at radius 3 is 2.32 bits per heavy atom. The van der Waals surface area contributed by atoms with E-state index in [1.54, 1.807) is 7.11 Å². The van der Waals surface area contributed by atoms with Crippen LogP contribution in [0.5, 0.6) is 5.75 Å². The number of methoxy groups -OCH3 is 1. The molecule has 2 rings (SSSR count). The minimum atomic E-state index is -0.682. The summed E-state index contributed by atoms with van der Waals surface area (Å²) in [6.07, 6.45) is 1.51. The number of halogens is 3. The average molecular weight is 458 g/mol. The van der Waals surface area contributed by atoms with Gasteiger partial charge in [0.15, 0.2) is 0 Å². The van der Waals surface area contributed by atoms with Crippen molar-refractivity contribution in [2.75, 3.05) is 39.8 Å². The van der Waals surface area contributed by atoms with E-state index in [-0.39, 0.29) is 30.7 Å². The summed E-state index contributed by atoms with van der Waals surface area (Å²) >= 11 is 3.58. The SMILES string of the molecule is CCC(O)(CC)C(CN1CCNCC1)c1ccc(OC)c(Br)c1.Cl.Cl. The Labute approximate surface area is 172 Å². The molecule has 1 atom stereocenters. The van der Waals surface area contributed by atoms with Crippen molar-refractivity contribution < 1.29 is 9.84 Å². The zero-order valence-electron chi connectivity index (χ0n) is 15.3. The third kappa shape index (κ3) is 6.26. The van der Waals surface area contributed by atoms with E-state index in [2.05, 4.69) is 52.1 Å². The Kier molecular flexibility index (Phi) is 11.6. The van der Waals surface area contributed by atoms with Crippen LogP contribution in [0.1, 0.15) is 38.2 Å². The van der Waals surface area contributed by atoms with Crippen LogP contribution in [-0.2, 0) is 0 Å². The molecule has 0 amide bonds. The first-order chi connectivity index (χ1) is 11.0. The normalized spacial score (nSPS) is 16.5. The van der Waals surface area contributed by atoms with Crippen molar-refractivity contribution in [3.8, 4) is 5.75 Å². The lowest BCUT2D eigenvalue weighted by atomic mass is 9.78. The molecule has 0 aromatic heterocycles. The number of nitrogens with zero attached hydrogens (tertiary/aromatic N) is 1. The maximum absolute atomic E-state index is 11.2. The summed E-state index contributed by atoms with van der Waals surface area (Å²) in [6, 6.07) is 6.17. The lowest BCUT2D eigenvalue weighted by Crippen LogP contribution is -2.48. The van der Waals surface area contributed by atoms with Gasteiger partial charge in [0.05, 0.1) is 17.2 Å². The molecule has 0 aliphatic carbocycles. The summed E-state index contributed by atoms with van der Waals surface area (Å²) in [7, 11) is 1.67. The minimum Gasteiger partial charge on any atom is -0.496 e. The Morgan fingerprint density at radius 1 is 1.24 bits per heavy atom. The van der Waals surface area contributed by atoms with Crippen molar-refractivity contribution in [2.45, 2.75) is 38.2 Å². The molecule has 1 aliphatic heterocycles. The standard InChI is InChI=1S/C18H29BrN2O2.2ClH/c1-4-18(22,5-2)15(13-21-10-8-20-9-11-21)14-6-7-17(23-3)16(19)12-14;;/h6-7,12,15,20,22H,4-5,8-11,13H2,1-3H3;2*1H. The summed E-state index contributed by atoms with van der Waals surface area (Å²) in [6.45, 7) is 9.17. The summed E-state index contributed by atoms with van der Waals surface area (Å²) < 4.78 is 6.28. The maximum Gasteiger partial charge on any atom is 0.133 e. The van der Waals surface area contributed by atoms with Gasteiger partial charge in [0.25, 0.3) is 0 Å². The highest BCUT2D eigenvalue weighted by molar-refractivity contribution is 9.10. The molecule has 0 saturated carbocycles. The molecule has 0 radical (unpaired) electrons. The molecule has 1 saturated heterocycles. The van der Waals surface area contributed by atoms with Gasteiger partial charge in [-0.1, -0.05) is 19.9 Å². The van der Waals surface area contributed by atoms with Crippen LogP contribution in [-0.4, -0.2) is 55.4 Å². The van der Waals surface area contributed by atoms with Crippen LogP contribution in [0.3, 0.4) is 0 Å². The molecule has 0 spiro atoms. The second kappa shape index (κ2) is 11.6. The number of benzene rings is 1. The predicted octanol–water partition coefficient (Wildman–Crippen LogP) is 3.84. The summed E-state index contributed by atoms with van der Waals surface area (Å²) in [5.41, 5.74) is 0.487. The van der Waals surface area contributed by atoms with E-state index in [0.29, 0.717) is 0 Å². The molecule has 1 aliphatic rings. The van der Waals surface area contributed by atoms with Gasteiger partial charge in [0, 0.05) is 38.6 Å². The van der Waals surface area contributed by atoms with E-state index in [9.17, 15) is 5.11 Å². The van der Waals surface area contributed by atoms with Gasteiger partial charge in [0.1, 0.15) is 5.75 Å². The zero-order valence-corrected chi connectivity index (χ0v) is 18.5. The van der Waals surface area contributed by atoms with Crippen molar-refractivity contribution in [2.24, 2.45) is 0 Å². The first-order valence-electron chi connectivity index (χ1n) is 8.53. The van der Waals surface area contributed by atoms with Crippen LogP contribution >= 0.6 is 40.7 Å². The lowest BCUT2D eigenvalue weighted by molar-refractivity contribution is -0.00824. The number of piperazine rings is 1. The number of hydrogen-bond acceptors (Lipinski definition) is 4. The summed E-state index contributed by atoms with van der Waals surface area (Å²) in [5, 5.41) is 14.6. The molecule has 1 fully saturated rings. The highest BCUT2D eigenvalue weighted by atomic mass is 79.9. The largest absolute Gasteiger partial charge is 0.496 e. The van der Waals surface area contributed by atoms with Crippen molar-refractivity contribution in [3.63, 3.8) is 0 Å². The Hall–Kier alpha value is -0.0400. The highest BCUT2D eigenvalue weighted by Crippen LogP contribution is 2.37. The highest BCUT2D eigenvalue weighted by Gasteiger charge is 2.36. The molecule has 4 nitrogen and oxygen atoms in total. The zero-order chi connectivity index (χ0) is 16.9. The monoisotopic (exact) mass is 456 g/mol. The Morgan fingerprint density at radius 2 is 1.84 bits per heavy atom. The molecule has 1 aromatic carbocycles. The lowest BCUT2D eigenvalue weighted by Gasteiger charge is -2.39. The molecule has 1 heterocycles. The smallest absolute Gasteiger partial charge is 0.133 e. The Balaban J connectivity index is 0.00000288. The number of aliphatic hydroxyl groups is 1. The molecule has 7 heteroatoms. The van der Waals surface area contributed by atoms with Gasteiger partial charge in [-0.05, 0) is 46.5 Å². The number of rotatable bonds is 7. The van der Waals surface area contributed by atoms with Gasteiger partial charge in [-0.25, -0.2) is 0 Å². The van der Waals surface area contributed by atoms with E-state index in [1.807, 2.05) is 6.07 Å². The van der Waals surface area contributed by atoms with Crippen molar-refractivity contribution in [1.82, 2.24) is 10.2 Å². The maximum atomic E-state index is 11.2. The third-order valence-corrected chi connectivity index (χ3v) is 5.72. The Bertz CT molecular complexity index is 510. The van der Waals surface area contributed by atoms with Gasteiger partial charge in [-0.15, -0.1) is 24.8 Å². The van der Waals surface area contributed by atoms with Crippen molar-refractivity contribution >= 4 is 40.7 Å². The fourth-order valence-corrected chi connectivity index (χ4v) is 3.94. The van der Waals surface area contributed by atoms with Crippen LogP contribution in [0.4, 0.5) is 0 Å². The van der Waals surface area contributed by atoms with Crippen LogP contribution in [0, 0.1) is 0 Å². The first-order valence-corrected chi connectivity index (χ1v) is 9.32. The molecule has 1 unspecified atom stereocenters.